The zero-order valence-corrected chi connectivity index (χ0v) is 13.6. The van der Waals surface area contributed by atoms with Crippen LogP contribution in [-0.4, -0.2) is 16.9 Å². The van der Waals surface area contributed by atoms with Crippen molar-refractivity contribution in [1.82, 2.24) is 0 Å². The maximum absolute atomic E-state index is 12.2. The van der Waals surface area contributed by atoms with Crippen LogP contribution in [0.4, 0.5) is 11.4 Å². The summed E-state index contributed by atoms with van der Waals surface area (Å²) >= 11 is 5.84. The van der Waals surface area contributed by atoms with Crippen LogP contribution in [-0.2, 0) is 0 Å². The summed E-state index contributed by atoms with van der Waals surface area (Å²) in [6.45, 7) is 0. The Bertz CT molecular complexity index is 905. The second-order valence-electron chi connectivity index (χ2n) is 5.12. The Labute approximate surface area is 148 Å². The zero-order chi connectivity index (χ0) is 17.8. The monoisotopic (exact) mass is 356 g/mol. The molecule has 25 heavy (non-hydrogen) atoms. The molecule has 0 aliphatic rings. The number of nitrogens with one attached hydrogen (secondary N) is 2. The molecule has 1 heterocycles. The number of benzene rings is 2. The molecule has 0 saturated heterocycles. The third kappa shape index (κ3) is 3.99. The van der Waals surface area contributed by atoms with E-state index in [1.807, 2.05) is 0 Å². The maximum Gasteiger partial charge on any atom is 0.291 e. The lowest BCUT2D eigenvalue weighted by molar-refractivity contribution is 0.0994. The van der Waals surface area contributed by atoms with Crippen LogP contribution in [0, 0.1) is 0 Å². The summed E-state index contributed by atoms with van der Waals surface area (Å²) in [5.41, 5.74) is 1.12. The lowest BCUT2D eigenvalue weighted by atomic mass is 10.2. The van der Waals surface area contributed by atoms with E-state index in [9.17, 15) is 14.7 Å². The predicted molar refractivity (Wildman–Crippen MR) is 94.2 cm³/mol. The highest BCUT2D eigenvalue weighted by atomic mass is 35.5. The Morgan fingerprint density at radius 3 is 2.16 bits per heavy atom. The number of carbonyl (C=O) groups excluding carboxylic acids is 2. The molecule has 0 bridgehead atoms. The van der Waals surface area contributed by atoms with Crippen molar-refractivity contribution in [2.75, 3.05) is 10.6 Å². The van der Waals surface area contributed by atoms with Gasteiger partial charge in [0.2, 0.25) is 0 Å². The molecule has 3 rings (SSSR count). The van der Waals surface area contributed by atoms with Gasteiger partial charge in [0, 0.05) is 16.4 Å². The first-order valence-corrected chi connectivity index (χ1v) is 7.65. The zero-order valence-electron chi connectivity index (χ0n) is 12.8. The highest BCUT2D eigenvalue weighted by molar-refractivity contribution is 6.31. The van der Waals surface area contributed by atoms with Crippen LogP contribution >= 0.6 is 11.6 Å². The molecule has 0 radical (unpaired) electrons. The summed E-state index contributed by atoms with van der Waals surface area (Å²) in [5.74, 6) is -0.823. The van der Waals surface area contributed by atoms with Crippen LogP contribution < -0.4 is 10.6 Å². The quantitative estimate of drug-likeness (QED) is 0.655. The third-order valence-electron chi connectivity index (χ3n) is 3.35. The summed E-state index contributed by atoms with van der Waals surface area (Å²) in [4.78, 5) is 24.1. The molecule has 0 spiro atoms. The summed E-state index contributed by atoms with van der Waals surface area (Å²) in [6, 6.07) is 13.9. The number of phenols is 1. The molecular formula is C18H13ClN2O4. The van der Waals surface area contributed by atoms with Gasteiger partial charge in [0.1, 0.15) is 5.75 Å². The number of rotatable bonds is 4. The van der Waals surface area contributed by atoms with Crippen LogP contribution in [0.2, 0.25) is 5.02 Å². The lowest BCUT2D eigenvalue weighted by Crippen LogP contribution is -2.13. The summed E-state index contributed by atoms with van der Waals surface area (Å²) in [6.07, 6.45) is 1.42. The van der Waals surface area contributed by atoms with Gasteiger partial charge in [-0.1, -0.05) is 11.6 Å². The van der Waals surface area contributed by atoms with Gasteiger partial charge in [-0.05, 0) is 54.6 Å². The second kappa shape index (κ2) is 7.11. The number of halogens is 1. The van der Waals surface area contributed by atoms with Crippen molar-refractivity contribution in [3.05, 3.63) is 77.2 Å². The SMILES string of the molecule is O=C(Nc1ccc(NC(=O)c2cc(Cl)ccc2O)cc1)c1ccco1. The lowest BCUT2D eigenvalue weighted by Gasteiger charge is -2.08. The van der Waals surface area contributed by atoms with E-state index in [-0.39, 0.29) is 23.0 Å². The van der Waals surface area contributed by atoms with Crippen molar-refractivity contribution in [3.8, 4) is 5.75 Å². The number of hydrogen-bond acceptors (Lipinski definition) is 4. The fourth-order valence-electron chi connectivity index (χ4n) is 2.13. The van der Waals surface area contributed by atoms with E-state index in [2.05, 4.69) is 10.6 Å². The Kier molecular flexibility index (Phi) is 4.72. The van der Waals surface area contributed by atoms with Gasteiger partial charge in [0.05, 0.1) is 11.8 Å². The summed E-state index contributed by atoms with van der Waals surface area (Å²) in [5, 5.41) is 15.4. The van der Waals surface area contributed by atoms with Crippen molar-refractivity contribution >= 4 is 34.8 Å². The molecule has 0 unspecified atom stereocenters. The molecule has 2 aromatic carbocycles. The molecule has 0 saturated carbocycles. The number of anilines is 2. The van der Waals surface area contributed by atoms with Crippen LogP contribution in [0.25, 0.3) is 0 Å². The molecule has 0 aliphatic carbocycles. The van der Waals surface area contributed by atoms with E-state index < -0.39 is 5.91 Å². The molecule has 1 aromatic heterocycles. The largest absolute Gasteiger partial charge is 0.507 e. The minimum absolute atomic E-state index is 0.0719. The van der Waals surface area contributed by atoms with Gasteiger partial charge in [-0.15, -0.1) is 0 Å². The first-order valence-electron chi connectivity index (χ1n) is 7.28. The van der Waals surface area contributed by atoms with Gasteiger partial charge in [-0.3, -0.25) is 9.59 Å². The smallest absolute Gasteiger partial charge is 0.291 e. The molecule has 0 atom stereocenters. The van der Waals surface area contributed by atoms with E-state index >= 15 is 0 Å². The fourth-order valence-corrected chi connectivity index (χ4v) is 2.30. The second-order valence-corrected chi connectivity index (χ2v) is 5.56. The highest BCUT2D eigenvalue weighted by Gasteiger charge is 2.12. The molecule has 0 aliphatic heterocycles. The van der Waals surface area contributed by atoms with E-state index in [1.165, 1.54) is 24.5 Å². The van der Waals surface area contributed by atoms with E-state index in [0.29, 0.717) is 16.4 Å². The fraction of sp³-hybridized carbons (Fsp3) is 0. The van der Waals surface area contributed by atoms with Crippen molar-refractivity contribution in [2.45, 2.75) is 0 Å². The van der Waals surface area contributed by atoms with Crippen LogP contribution in [0.3, 0.4) is 0 Å². The molecular weight excluding hydrogens is 344 g/mol. The number of carbonyl (C=O) groups is 2. The number of aromatic hydroxyl groups is 1. The summed E-state index contributed by atoms with van der Waals surface area (Å²) < 4.78 is 5.01. The molecule has 2 amide bonds. The number of amides is 2. The van der Waals surface area contributed by atoms with Gasteiger partial charge < -0.3 is 20.2 Å². The van der Waals surface area contributed by atoms with Crippen LogP contribution in [0.5, 0.6) is 5.75 Å². The number of furan rings is 1. The van der Waals surface area contributed by atoms with E-state index in [0.717, 1.165) is 0 Å². The molecule has 3 N–H and O–H groups in total. The van der Waals surface area contributed by atoms with Gasteiger partial charge in [-0.2, -0.15) is 0 Å². The Morgan fingerprint density at radius 2 is 1.56 bits per heavy atom. The Balaban J connectivity index is 1.67. The van der Waals surface area contributed by atoms with E-state index in [4.69, 9.17) is 16.0 Å². The van der Waals surface area contributed by atoms with Crippen molar-refractivity contribution < 1.29 is 19.1 Å². The first kappa shape index (κ1) is 16.6. The topological polar surface area (TPSA) is 91.6 Å². The average Bonchev–Trinajstić information content (AvgIpc) is 3.13. The van der Waals surface area contributed by atoms with Gasteiger partial charge >= 0.3 is 0 Å². The van der Waals surface area contributed by atoms with Gasteiger partial charge in [0.25, 0.3) is 11.8 Å². The number of hydrogen-bond donors (Lipinski definition) is 3. The maximum atomic E-state index is 12.2. The van der Waals surface area contributed by atoms with Gasteiger partial charge in [0.15, 0.2) is 5.76 Å². The standard InChI is InChI=1S/C18H13ClN2O4/c19-11-3-8-15(22)14(10-11)17(23)20-12-4-6-13(7-5-12)21-18(24)16-2-1-9-25-16/h1-10,22H,(H,20,23)(H,21,24). The molecule has 3 aromatic rings. The minimum atomic E-state index is -0.493. The van der Waals surface area contributed by atoms with Crippen molar-refractivity contribution in [2.24, 2.45) is 0 Å². The van der Waals surface area contributed by atoms with Crippen LogP contribution in [0.1, 0.15) is 20.9 Å². The molecule has 6 nitrogen and oxygen atoms in total. The normalized spacial score (nSPS) is 10.3. The molecule has 0 fully saturated rings. The number of phenolic OH excluding ortho intramolecular Hbond substituents is 1. The minimum Gasteiger partial charge on any atom is -0.507 e. The average molecular weight is 357 g/mol. The van der Waals surface area contributed by atoms with Gasteiger partial charge in [-0.25, -0.2) is 0 Å². The third-order valence-corrected chi connectivity index (χ3v) is 3.58. The van der Waals surface area contributed by atoms with E-state index in [1.54, 1.807) is 36.4 Å². The Morgan fingerprint density at radius 1 is 0.920 bits per heavy atom. The first-order chi connectivity index (χ1) is 12.0. The van der Waals surface area contributed by atoms with Crippen molar-refractivity contribution in [1.29, 1.82) is 0 Å². The Hall–Kier alpha value is -3.25. The summed E-state index contributed by atoms with van der Waals surface area (Å²) in [7, 11) is 0. The van der Waals surface area contributed by atoms with Crippen molar-refractivity contribution in [3.63, 3.8) is 0 Å². The predicted octanol–water partition coefficient (Wildman–Crippen LogP) is 4.14. The molecule has 126 valence electrons. The molecule has 7 heteroatoms. The van der Waals surface area contributed by atoms with Crippen LogP contribution in [0.15, 0.2) is 65.3 Å². The highest BCUT2D eigenvalue weighted by Crippen LogP contribution is 2.23.